The molecule has 3 rings (SSSR count). The zero-order valence-corrected chi connectivity index (χ0v) is 18.2. The van der Waals surface area contributed by atoms with Crippen molar-refractivity contribution in [2.45, 2.75) is 13.5 Å². The average molecular weight is 451 g/mol. The molecule has 0 aliphatic carbocycles. The minimum absolute atomic E-state index is 0.0311. The molecule has 0 aliphatic heterocycles. The molecule has 0 saturated carbocycles. The largest absolute Gasteiger partial charge is 0.497 e. The number of methoxy groups -OCH3 is 1. The lowest BCUT2D eigenvalue weighted by Gasteiger charge is -2.12. The molecule has 0 aromatic heterocycles. The molecule has 0 atom stereocenters. The molecule has 0 radical (unpaired) electrons. The van der Waals surface area contributed by atoms with Gasteiger partial charge in [-0.05, 0) is 48.9 Å². The summed E-state index contributed by atoms with van der Waals surface area (Å²) in [5.41, 5.74) is 2.05. The summed E-state index contributed by atoms with van der Waals surface area (Å²) in [4.78, 5) is 12.6. The van der Waals surface area contributed by atoms with Gasteiger partial charge in [-0.15, -0.1) is 0 Å². The number of hydrogen-bond acceptors (Lipinski definition) is 4. The second-order valence-corrected chi connectivity index (χ2v) is 7.28. The van der Waals surface area contributed by atoms with Crippen molar-refractivity contribution in [2.75, 3.05) is 12.4 Å². The third-order valence-electron chi connectivity index (χ3n) is 4.66. The number of nitrogens with zero attached hydrogens (tertiary/aromatic N) is 1. The van der Waals surface area contributed by atoms with Gasteiger partial charge in [0.25, 0.3) is 5.91 Å². The van der Waals surface area contributed by atoms with E-state index in [1.165, 1.54) is 19.3 Å². The first kappa shape index (κ1) is 22.9. The van der Waals surface area contributed by atoms with E-state index >= 15 is 0 Å². The Morgan fingerprint density at radius 3 is 2.66 bits per heavy atom. The quantitative estimate of drug-likeness (QED) is 0.358. The van der Waals surface area contributed by atoms with Crippen LogP contribution in [-0.4, -0.2) is 13.0 Å². The summed E-state index contributed by atoms with van der Waals surface area (Å²) >= 11 is 6.10. The minimum atomic E-state index is -0.594. The van der Waals surface area contributed by atoms with Gasteiger partial charge in [-0.1, -0.05) is 35.9 Å². The number of nitriles is 1. The summed E-state index contributed by atoms with van der Waals surface area (Å²) in [5.74, 6) is -0.126. The van der Waals surface area contributed by atoms with Crippen LogP contribution in [0.25, 0.3) is 6.08 Å². The number of halogens is 2. The van der Waals surface area contributed by atoms with Crippen molar-refractivity contribution in [3.8, 4) is 17.6 Å². The van der Waals surface area contributed by atoms with Crippen LogP contribution in [0.3, 0.4) is 0 Å². The van der Waals surface area contributed by atoms with Gasteiger partial charge in [0, 0.05) is 27.9 Å². The highest BCUT2D eigenvalue weighted by atomic mass is 35.5. The summed E-state index contributed by atoms with van der Waals surface area (Å²) in [6.45, 7) is 1.82. The normalized spacial score (nSPS) is 10.9. The van der Waals surface area contributed by atoms with Crippen molar-refractivity contribution in [1.29, 1.82) is 5.26 Å². The van der Waals surface area contributed by atoms with Crippen molar-refractivity contribution in [2.24, 2.45) is 0 Å². The zero-order valence-electron chi connectivity index (χ0n) is 17.5. The van der Waals surface area contributed by atoms with Gasteiger partial charge in [-0.25, -0.2) is 4.39 Å². The standard InChI is InChI=1S/C25H20ClFN2O3/c1-16-7-9-20(12-22(16)26)29-25(30)19(14-28)11-17-8-10-21(31-2)13-24(17)32-15-18-5-3-4-6-23(18)27/h3-13H,15H2,1-2H3,(H,29,30)/b19-11+. The lowest BCUT2D eigenvalue weighted by Crippen LogP contribution is -2.13. The Morgan fingerprint density at radius 1 is 1.19 bits per heavy atom. The third kappa shape index (κ3) is 5.65. The fraction of sp³-hybridized carbons (Fsp3) is 0.120. The molecule has 7 heteroatoms. The van der Waals surface area contributed by atoms with E-state index in [9.17, 15) is 14.4 Å². The number of nitrogens with one attached hydrogen (secondary N) is 1. The van der Waals surface area contributed by atoms with E-state index in [-0.39, 0.29) is 18.0 Å². The molecule has 162 valence electrons. The van der Waals surface area contributed by atoms with E-state index < -0.39 is 5.91 Å². The van der Waals surface area contributed by atoms with Crippen LogP contribution in [0.1, 0.15) is 16.7 Å². The van der Waals surface area contributed by atoms with Crippen LogP contribution in [0, 0.1) is 24.1 Å². The molecule has 1 amide bonds. The van der Waals surface area contributed by atoms with Crippen LogP contribution in [-0.2, 0) is 11.4 Å². The number of anilines is 1. The Balaban J connectivity index is 1.87. The number of benzene rings is 3. The molecule has 0 spiro atoms. The lowest BCUT2D eigenvalue weighted by molar-refractivity contribution is -0.112. The Hall–Kier alpha value is -3.82. The number of ether oxygens (including phenoxy) is 2. The summed E-state index contributed by atoms with van der Waals surface area (Å²) < 4.78 is 25.0. The maximum atomic E-state index is 13.9. The lowest BCUT2D eigenvalue weighted by atomic mass is 10.1. The van der Waals surface area contributed by atoms with Gasteiger partial charge in [0.2, 0.25) is 0 Å². The number of aryl methyl sites for hydroxylation is 1. The van der Waals surface area contributed by atoms with Crippen LogP contribution in [0.5, 0.6) is 11.5 Å². The van der Waals surface area contributed by atoms with Crippen molar-refractivity contribution < 1.29 is 18.7 Å². The smallest absolute Gasteiger partial charge is 0.266 e. The van der Waals surface area contributed by atoms with Gasteiger partial charge >= 0.3 is 0 Å². The summed E-state index contributed by atoms with van der Waals surface area (Å²) in [5, 5.41) is 12.7. The predicted molar refractivity (Wildman–Crippen MR) is 122 cm³/mol. The SMILES string of the molecule is COc1ccc(/C=C(\C#N)C(=O)Nc2ccc(C)c(Cl)c2)c(OCc2ccccc2F)c1. The second-order valence-electron chi connectivity index (χ2n) is 6.87. The number of rotatable bonds is 7. The number of carbonyl (C=O) groups excluding carboxylic acids is 1. The van der Waals surface area contributed by atoms with Crippen molar-refractivity contribution in [1.82, 2.24) is 0 Å². The summed E-state index contributed by atoms with van der Waals surface area (Å²) in [6.07, 6.45) is 1.40. The fourth-order valence-electron chi connectivity index (χ4n) is 2.83. The summed E-state index contributed by atoms with van der Waals surface area (Å²) in [7, 11) is 1.51. The second kappa shape index (κ2) is 10.5. The van der Waals surface area contributed by atoms with Crippen LogP contribution in [0.4, 0.5) is 10.1 Å². The number of hydrogen-bond donors (Lipinski definition) is 1. The third-order valence-corrected chi connectivity index (χ3v) is 5.06. The highest BCUT2D eigenvalue weighted by molar-refractivity contribution is 6.31. The molecule has 0 saturated heterocycles. The van der Waals surface area contributed by atoms with E-state index in [4.69, 9.17) is 21.1 Å². The topological polar surface area (TPSA) is 71.3 Å². The first-order valence-electron chi connectivity index (χ1n) is 9.65. The molecule has 0 aliphatic rings. The Kier molecular flexibility index (Phi) is 7.48. The van der Waals surface area contributed by atoms with Gasteiger partial charge in [0.05, 0.1) is 7.11 Å². The van der Waals surface area contributed by atoms with Gasteiger partial charge in [-0.2, -0.15) is 5.26 Å². The van der Waals surface area contributed by atoms with Gasteiger partial charge in [0.1, 0.15) is 35.6 Å². The van der Waals surface area contributed by atoms with E-state index in [1.807, 2.05) is 13.0 Å². The van der Waals surface area contributed by atoms with Crippen molar-refractivity contribution in [3.63, 3.8) is 0 Å². The molecule has 0 heterocycles. The minimum Gasteiger partial charge on any atom is -0.497 e. The van der Waals surface area contributed by atoms with Crippen LogP contribution >= 0.6 is 11.6 Å². The Morgan fingerprint density at radius 2 is 1.97 bits per heavy atom. The Labute approximate surface area is 190 Å². The van der Waals surface area contributed by atoms with E-state index in [1.54, 1.807) is 54.6 Å². The zero-order chi connectivity index (χ0) is 23.1. The van der Waals surface area contributed by atoms with E-state index in [0.29, 0.717) is 33.3 Å². The van der Waals surface area contributed by atoms with Gasteiger partial charge in [-0.3, -0.25) is 4.79 Å². The number of carbonyl (C=O) groups is 1. The Bertz CT molecular complexity index is 1220. The molecule has 32 heavy (non-hydrogen) atoms. The van der Waals surface area contributed by atoms with Crippen molar-refractivity contribution >= 4 is 29.3 Å². The number of amides is 1. The molecular weight excluding hydrogens is 431 g/mol. The van der Waals surface area contributed by atoms with Crippen LogP contribution in [0.15, 0.2) is 66.2 Å². The summed E-state index contributed by atoms with van der Waals surface area (Å²) in [6, 6.07) is 18.2. The highest BCUT2D eigenvalue weighted by Crippen LogP contribution is 2.28. The first-order chi connectivity index (χ1) is 15.4. The molecule has 5 nitrogen and oxygen atoms in total. The highest BCUT2D eigenvalue weighted by Gasteiger charge is 2.13. The maximum absolute atomic E-state index is 13.9. The van der Waals surface area contributed by atoms with E-state index in [2.05, 4.69) is 5.32 Å². The molecular formula is C25H20ClFN2O3. The van der Waals surface area contributed by atoms with Gasteiger partial charge < -0.3 is 14.8 Å². The van der Waals surface area contributed by atoms with Gasteiger partial charge in [0.15, 0.2) is 0 Å². The first-order valence-corrected chi connectivity index (χ1v) is 10.0. The molecule has 1 N–H and O–H groups in total. The molecule has 0 unspecified atom stereocenters. The molecule has 0 fully saturated rings. The maximum Gasteiger partial charge on any atom is 0.266 e. The molecule has 3 aromatic carbocycles. The molecule has 3 aromatic rings. The average Bonchev–Trinajstić information content (AvgIpc) is 2.79. The monoisotopic (exact) mass is 450 g/mol. The van der Waals surface area contributed by atoms with Crippen molar-refractivity contribution in [3.05, 3.63) is 93.8 Å². The predicted octanol–water partition coefficient (Wildman–Crippen LogP) is 5.92. The van der Waals surface area contributed by atoms with Crippen LogP contribution in [0.2, 0.25) is 5.02 Å². The van der Waals surface area contributed by atoms with Crippen LogP contribution < -0.4 is 14.8 Å². The molecule has 0 bridgehead atoms. The van der Waals surface area contributed by atoms with E-state index in [0.717, 1.165) is 5.56 Å². The fourth-order valence-corrected chi connectivity index (χ4v) is 3.01.